The smallest absolute Gasteiger partial charge is 0.249 e. The van der Waals surface area contributed by atoms with Crippen LogP contribution in [-0.2, 0) is 4.79 Å². The molecule has 8 nitrogen and oxygen atoms in total. The molecule has 0 saturated carbocycles. The van der Waals surface area contributed by atoms with Crippen molar-refractivity contribution in [2.75, 3.05) is 16.8 Å². The second-order valence-corrected chi connectivity index (χ2v) is 6.03. The molecule has 3 heterocycles. The number of fused-ring (bicyclic) bond motifs is 1. The summed E-state index contributed by atoms with van der Waals surface area (Å²) >= 11 is 0. The maximum atomic E-state index is 14.2. The molecule has 1 aliphatic heterocycles. The first kappa shape index (κ1) is 15.4. The minimum Gasteiger partial charge on any atom is -0.357 e. The Balaban J connectivity index is 1.58. The van der Waals surface area contributed by atoms with E-state index in [0.29, 0.717) is 30.1 Å². The largest absolute Gasteiger partial charge is 0.357 e. The Kier molecular flexibility index (Phi) is 3.75. The lowest BCUT2D eigenvalue weighted by Gasteiger charge is -2.33. The van der Waals surface area contributed by atoms with E-state index in [2.05, 4.69) is 25.9 Å². The lowest BCUT2D eigenvalue weighted by atomic mass is 10.0. The molecule has 1 N–H and O–H groups in total. The molecule has 4 rings (SSSR count). The summed E-state index contributed by atoms with van der Waals surface area (Å²) in [6.07, 6.45) is 1.42. The highest BCUT2D eigenvalue weighted by Crippen LogP contribution is 2.26. The summed E-state index contributed by atoms with van der Waals surface area (Å²) in [5, 5.41) is 18.4. The minimum absolute atomic E-state index is 0.172. The number of piperidine rings is 1. The normalized spacial score (nSPS) is 17.9. The van der Waals surface area contributed by atoms with E-state index >= 15 is 0 Å². The number of anilines is 2. The number of tetrazole rings is 1. The van der Waals surface area contributed by atoms with Crippen LogP contribution >= 0.6 is 0 Å². The molecule has 128 valence electrons. The standard InChI is InChI=1S/C16H16FN7O/c1-10-4-5-11(17)13(9-10)23-8-2-3-12(16(23)25)18-14-6-7-15-19-21-22-24(15)20-14/h4-7,9,12H,2-3,8H2,1H3,(H,18,20)/t12-/m0/s1. The molecule has 9 heteroatoms. The van der Waals surface area contributed by atoms with Gasteiger partial charge in [0.1, 0.15) is 17.7 Å². The van der Waals surface area contributed by atoms with Crippen LogP contribution in [-0.4, -0.2) is 43.7 Å². The van der Waals surface area contributed by atoms with Crippen molar-refractivity contribution in [3.05, 3.63) is 41.7 Å². The molecule has 0 bridgehead atoms. The summed E-state index contributed by atoms with van der Waals surface area (Å²) in [4.78, 5) is 14.3. The molecule has 1 atom stereocenters. The molecule has 25 heavy (non-hydrogen) atoms. The zero-order valence-electron chi connectivity index (χ0n) is 13.6. The first-order valence-electron chi connectivity index (χ1n) is 8.01. The highest BCUT2D eigenvalue weighted by molar-refractivity contribution is 5.99. The van der Waals surface area contributed by atoms with Gasteiger partial charge in [0, 0.05) is 6.54 Å². The Morgan fingerprint density at radius 1 is 1.28 bits per heavy atom. The predicted molar refractivity (Wildman–Crippen MR) is 88.7 cm³/mol. The van der Waals surface area contributed by atoms with Crippen LogP contribution in [0, 0.1) is 12.7 Å². The highest BCUT2D eigenvalue weighted by atomic mass is 19.1. The fourth-order valence-corrected chi connectivity index (χ4v) is 2.98. The van der Waals surface area contributed by atoms with Gasteiger partial charge in [-0.1, -0.05) is 6.07 Å². The van der Waals surface area contributed by atoms with Crippen LogP contribution < -0.4 is 10.2 Å². The van der Waals surface area contributed by atoms with Crippen molar-refractivity contribution >= 4 is 23.1 Å². The first-order chi connectivity index (χ1) is 12.1. The molecule has 0 radical (unpaired) electrons. The summed E-state index contributed by atoms with van der Waals surface area (Å²) in [5.41, 5.74) is 1.74. The van der Waals surface area contributed by atoms with Gasteiger partial charge in [0.05, 0.1) is 5.69 Å². The molecule has 0 unspecified atom stereocenters. The van der Waals surface area contributed by atoms with Crippen molar-refractivity contribution in [1.29, 1.82) is 0 Å². The SMILES string of the molecule is Cc1ccc(F)c(N2CCC[C@H](Nc3ccc4nnnn4n3)C2=O)c1. The average molecular weight is 341 g/mol. The Morgan fingerprint density at radius 3 is 3.04 bits per heavy atom. The molecule has 3 aromatic rings. The van der Waals surface area contributed by atoms with Gasteiger partial charge < -0.3 is 10.2 Å². The number of hydrogen-bond acceptors (Lipinski definition) is 6. The number of amides is 1. The maximum Gasteiger partial charge on any atom is 0.249 e. The van der Waals surface area contributed by atoms with Crippen molar-refractivity contribution < 1.29 is 9.18 Å². The maximum absolute atomic E-state index is 14.2. The Bertz CT molecular complexity index is 941. The monoisotopic (exact) mass is 341 g/mol. The number of benzene rings is 1. The van der Waals surface area contributed by atoms with Crippen molar-refractivity contribution in [3.8, 4) is 0 Å². The molecular formula is C16H16FN7O. The highest BCUT2D eigenvalue weighted by Gasteiger charge is 2.31. The predicted octanol–water partition coefficient (Wildman–Crippen LogP) is 1.57. The van der Waals surface area contributed by atoms with Gasteiger partial charge in [-0.05, 0) is 60.0 Å². The van der Waals surface area contributed by atoms with Gasteiger partial charge in [-0.25, -0.2) is 4.39 Å². The summed E-state index contributed by atoms with van der Waals surface area (Å²) in [5.74, 6) is -0.0769. The number of aromatic nitrogens is 5. The van der Waals surface area contributed by atoms with Crippen LogP contribution in [0.2, 0.25) is 0 Å². The van der Waals surface area contributed by atoms with Gasteiger partial charge in [0.25, 0.3) is 0 Å². The second kappa shape index (κ2) is 6.08. The Labute approximate surface area is 142 Å². The molecule has 0 aliphatic carbocycles. The first-order valence-corrected chi connectivity index (χ1v) is 8.01. The number of nitrogens with one attached hydrogen (secondary N) is 1. The molecule has 1 amide bonds. The lowest BCUT2D eigenvalue weighted by Crippen LogP contribution is -2.48. The average Bonchev–Trinajstić information content (AvgIpc) is 3.07. The molecular weight excluding hydrogens is 325 g/mol. The van der Waals surface area contributed by atoms with Gasteiger partial charge in [0.15, 0.2) is 5.65 Å². The van der Waals surface area contributed by atoms with Crippen molar-refractivity contribution in [1.82, 2.24) is 25.3 Å². The number of nitrogens with zero attached hydrogens (tertiary/aromatic N) is 6. The topological polar surface area (TPSA) is 88.3 Å². The summed E-state index contributed by atoms with van der Waals surface area (Å²) < 4.78 is 15.5. The number of carbonyl (C=O) groups excluding carboxylic acids is 1. The molecule has 1 saturated heterocycles. The van der Waals surface area contributed by atoms with Crippen LogP contribution in [0.3, 0.4) is 0 Å². The number of halogens is 1. The van der Waals surface area contributed by atoms with Crippen LogP contribution in [0.5, 0.6) is 0 Å². The molecule has 2 aromatic heterocycles. The number of hydrogen-bond donors (Lipinski definition) is 1. The molecule has 1 fully saturated rings. The van der Waals surface area contributed by atoms with Crippen molar-refractivity contribution in [3.63, 3.8) is 0 Å². The van der Waals surface area contributed by atoms with E-state index in [1.807, 2.05) is 6.92 Å². The quantitative estimate of drug-likeness (QED) is 0.778. The zero-order chi connectivity index (χ0) is 17.4. The van der Waals surface area contributed by atoms with Gasteiger partial charge in [-0.3, -0.25) is 4.79 Å². The molecule has 1 aliphatic rings. The van der Waals surface area contributed by atoms with E-state index in [-0.39, 0.29) is 5.91 Å². The lowest BCUT2D eigenvalue weighted by molar-refractivity contribution is -0.120. The van der Waals surface area contributed by atoms with E-state index < -0.39 is 11.9 Å². The van der Waals surface area contributed by atoms with Gasteiger partial charge in [-0.2, -0.15) is 0 Å². The fraction of sp³-hybridized carbons (Fsp3) is 0.312. The summed E-state index contributed by atoms with van der Waals surface area (Å²) in [7, 11) is 0. The van der Waals surface area contributed by atoms with Crippen LogP contribution in [0.25, 0.3) is 5.65 Å². The van der Waals surface area contributed by atoms with Crippen LogP contribution in [0.15, 0.2) is 30.3 Å². The minimum atomic E-state index is -0.477. The van der Waals surface area contributed by atoms with Crippen LogP contribution in [0.1, 0.15) is 18.4 Å². The summed E-state index contributed by atoms with van der Waals surface area (Å²) in [6, 6.07) is 7.72. The van der Waals surface area contributed by atoms with Crippen LogP contribution in [0.4, 0.5) is 15.9 Å². The third-order valence-corrected chi connectivity index (χ3v) is 4.22. The van der Waals surface area contributed by atoms with E-state index in [1.54, 1.807) is 24.3 Å². The summed E-state index contributed by atoms with van der Waals surface area (Å²) in [6.45, 7) is 2.37. The third-order valence-electron chi connectivity index (χ3n) is 4.22. The zero-order valence-corrected chi connectivity index (χ0v) is 13.6. The van der Waals surface area contributed by atoms with Crippen molar-refractivity contribution in [2.24, 2.45) is 0 Å². The number of carbonyl (C=O) groups is 1. The van der Waals surface area contributed by atoms with E-state index in [0.717, 1.165) is 12.0 Å². The van der Waals surface area contributed by atoms with Gasteiger partial charge in [0.2, 0.25) is 5.91 Å². The third kappa shape index (κ3) is 2.88. The van der Waals surface area contributed by atoms with E-state index in [1.165, 1.54) is 15.6 Å². The van der Waals surface area contributed by atoms with Crippen molar-refractivity contribution in [2.45, 2.75) is 25.8 Å². The van der Waals surface area contributed by atoms with E-state index in [4.69, 9.17) is 0 Å². The number of aryl methyl sites for hydroxylation is 1. The van der Waals surface area contributed by atoms with Gasteiger partial charge >= 0.3 is 0 Å². The van der Waals surface area contributed by atoms with E-state index in [9.17, 15) is 9.18 Å². The number of rotatable bonds is 3. The fourth-order valence-electron chi connectivity index (χ4n) is 2.98. The molecule has 0 spiro atoms. The van der Waals surface area contributed by atoms with Gasteiger partial charge in [-0.15, -0.1) is 14.8 Å². The Hall–Kier alpha value is -3.10. The molecule has 1 aromatic carbocycles. The Morgan fingerprint density at radius 2 is 2.16 bits per heavy atom. The second-order valence-electron chi connectivity index (χ2n) is 6.03.